The van der Waals surface area contributed by atoms with Crippen molar-refractivity contribution in [1.82, 2.24) is 9.13 Å². The van der Waals surface area contributed by atoms with Gasteiger partial charge in [-0.15, -0.1) is 0 Å². The lowest BCUT2D eigenvalue weighted by Crippen LogP contribution is -2.17. The summed E-state index contributed by atoms with van der Waals surface area (Å²) in [7, 11) is 0. The average Bonchev–Trinajstić information content (AvgIpc) is 3.80. The Labute approximate surface area is 350 Å². The van der Waals surface area contributed by atoms with Gasteiger partial charge in [-0.05, 0) is 107 Å². The van der Waals surface area contributed by atoms with Crippen LogP contribution in [0.5, 0.6) is 0 Å². The van der Waals surface area contributed by atoms with Crippen molar-refractivity contribution in [2.24, 2.45) is 0 Å². The molecule has 0 fully saturated rings. The van der Waals surface area contributed by atoms with Crippen molar-refractivity contribution < 1.29 is 26.3 Å². The third-order valence-corrected chi connectivity index (χ3v) is 11.4. The van der Waals surface area contributed by atoms with Gasteiger partial charge in [0, 0.05) is 27.1 Å². The molecule has 0 aliphatic carbocycles. The molecule has 0 aliphatic rings. The molecule has 10 aromatic rings. The van der Waals surface area contributed by atoms with Crippen LogP contribution in [0.4, 0.5) is 26.3 Å². The van der Waals surface area contributed by atoms with Gasteiger partial charge < -0.3 is 9.13 Å². The third kappa shape index (κ3) is 6.24. The van der Waals surface area contributed by atoms with Crippen molar-refractivity contribution >= 4 is 43.6 Å². The summed E-state index contributed by atoms with van der Waals surface area (Å²) in [6, 6.07) is 50.6. The molecular formula is C52H28F6N4. The summed E-state index contributed by atoms with van der Waals surface area (Å²) in [4.78, 5) is 0. The molecule has 8 aromatic carbocycles. The molecule has 0 saturated carbocycles. The molecule has 0 radical (unpaired) electrons. The topological polar surface area (TPSA) is 57.4 Å². The molecule has 0 amide bonds. The number of fused-ring (bicyclic) bond motifs is 6. The lowest BCUT2D eigenvalue weighted by molar-refractivity contribution is -0.138. The summed E-state index contributed by atoms with van der Waals surface area (Å²) >= 11 is 0. The Morgan fingerprint density at radius 1 is 0.387 bits per heavy atom. The number of nitriles is 2. The fourth-order valence-corrected chi connectivity index (χ4v) is 8.65. The number of para-hydroxylation sites is 2. The second kappa shape index (κ2) is 14.3. The van der Waals surface area contributed by atoms with Crippen molar-refractivity contribution in [3.05, 3.63) is 192 Å². The minimum absolute atomic E-state index is 0.0405. The summed E-state index contributed by atoms with van der Waals surface area (Å²) in [5, 5.41) is 21.4. The van der Waals surface area contributed by atoms with E-state index in [1.807, 2.05) is 48.5 Å². The largest absolute Gasteiger partial charge is 0.420 e. The SMILES string of the molecule is N#Cc1ccc(-c2ccc3c(c2)c2ccccc2n3-c2ccc(-c3cccc(C(F)(F)F)c3)c(-n3c4ccccc4c4cc(-c5ccc(C#N)cc5)ccc43)c2C(F)(F)F)cc1. The van der Waals surface area contributed by atoms with Gasteiger partial charge in [0.1, 0.15) is 5.56 Å². The number of halogens is 6. The first kappa shape index (κ1) is 38.1. The van der Waals surface area contributed by atoms with E-state index in [4.69, 9.17) is 0 Å². The van der Waals surface area contributed by atoms with Gasteiger partial charge in [0.05, 0.1) is 62.3 Å². The van der Waals surface area contributed by atoms with Crippen LogP contribution in [-0.4, -0.2) is 9.13 Å². The van der Waals surface area contributed by atoms with E-state index < -0.39 is 23.5 Å². The van der Waals surface area contributed by atoms with E-state index in [2.05, 4.69) is 12.1 Å². The van der Waals surface area contributed by atoms with Crippen LogP contribution in [0.15, 0.2) is 170 Å². The van der Waals surface area contributed by atoms with E-state index in [9.17, 15) is 23.7 Å². The molecule has 4 nitrogen and oxygen atoms in total. The number of rotatable bonds is 5. The lowest BCUT2D eigenvalue weighted by Gasteiger charge is -2.24. The fraction of sp³-hybridized carbons (Fsp3) is 0.0385. The molecule has 0 spiro atoms. The van der Waals surface area contributed by atoms with Gasteiger partial charge in [0.15, 0.2) is 0 Å². The van der Waals surface area contributed by atoms with E-state index in [0.717, 1.165) is 34.4 Å². The van der Waals surface area contributed by atoms with Gasteiger partial charge in [-0.25, -0.2) is 0 Å². The first-order chi connectivity index (χ1) is 29.9. The Morgan fingerprint density at radius 2 is 0.871 bits per heavy atom. The van der Waals surface area contributed by atoms with E-state index in [-0.39, 0.29) is 22.5 Å². The quantitative estimate of drug-likeness (QED) is 0.162. The number of benzene rings is 8. The molecule has 62 heavy (non-hydrogen) atoms. The van der Waals surface area contributed by atoms with Gasteiger partial charge in [-0.1, -0.05) is 91.0 Å². The Hall–Kier alpha value is -8.08. The Kier molecular flexibility index (Phi) is 8.79. The number of aromatic nitrogens is 2. The first-order valence-corrected chi connectivity index (χ1v) is 19.4. The molecule has 0 aliphatic heterocycles. The number of hydrogen-bond donors (Lipinski definition) is 0. The highest BCUT2D eigenvalue weighted by Gasteiger charge is 2.41. The molecule has 10 heteroatoms. The lowest BCUT2D eigenvalue weighted by atomic mass is 9.95. The van der Waals surface area contributed by atoms with E-state index in [0.29, 0.717) is 54.7 Å². The molecule has 2 heterocycles. The van der Waals surface area contributed by atoms with E-state index >= 15 is 13.2 Å². The monoisotopic (exact) mass is 822 g/mol. The van der Waals surface area contributed by atoms with Crippen LogP contribution in [0.1, 0.15) is 22.3 Å². The molecule has 0 N–H and O–H groups in total. The maximum absolute atomic E-state index is 16.5. The highest BCUT2D eigenvalue weighted by Crippen LogP contribution is 2.48. The number of alkyl halides is 6. The summed E-state index contributed by atoms with van der Waals surface area (Å²) in [6.07, 6.45) is -9.79. The normalized spacial score (nSPS) is 12.0. The third-order valence-electron chi connectivity index (χ3n) is 11.4. The summed E-state index contributed by atoms with van der Waals surface area (Å²) in [5.74, 6) is 0. The maximum Gasteiger partial charge on any atom is 0.420 e. The second-order valence-corrected chi connectivity index (χ2v) is 15.0. The molecule has 0 saturated heterocycles. The maximum atomic E-state index is 16.5. The minimum Gasteiger partial charge on any atom is -0.309 e. The fourth-order valence-electron chi connectivity index (χ4n) is 8.65. The molecular weight excluding hydrogens is 795 g/mol. The van der Waals surface area contributed by atoms with Crippen molar-refractivity contribution in [2.75, 3.05) is 0 Å². The van der Waals surface area contributed by atoms with Crippen LogP contribution in [0.3, 0.4) is 0 Å². The molecule has 10 rings (SSSR count). The smallest absolute Gasteiger partial charge is 0.309 e. The zero-order valence-electron chi connectivity index (χ0n) is 32.2. The zero-order valence-corrected chi connectivity index (χ0v) is 32.2. The summed E-state index contributed by atoms with van der Waals surface area (Å²) in [6.45, 7) is 0. The van der Waals surface area contributed by atoms with Gasteiger partial charge in [-0.3, -0.25) is 0 Å². The molecule has 0 bridgehead atoms. The standard InChI is InChI=1S/C52H28F6N4/c53-51(54,55)38-7-5-6-37(26-38)39-22-25-48(61-44-10-3-1-8-40(44)42-27-35(20-23-46(42)61)33-16-12-31(29-59)13-17-33)49(52(56,57)58)50(39)62-45-11-4-2-9-41(45)43-28-36(21-24-47(43)62)34-18-14-32(30-60)15-19-34/h1-28H. The molecule has 298 valence electrons. The molecule has 2 aromatic heterocycles. The molecule has 0 atom stereocenters. The van der Waals surface area contributed by atoms with Crippen molar-refractivity contribution in [1.29, 1.82) is 10.5 Å². The summed E-state index contributed by atoms with van der Waals surface area (Å²) in [5.41, 5.74) is 3.30. The van der Waals surface area contributed by atoms with E-state index in [1.54, 1.807) is 89.5 Å². The first-order valence-electron chi connectivity index (χ1n) is 19.4. The van der Waals surface area contributed by atoms with E-state index in [1.165, 1.54) is 28.8 Å². The van der Waals surface area contributed by atoms with Gasteiger partial charge in [0.25, 0.3) is 0 Å². The predicted octanol–water partition coefficient (Wildman–Crippen LogP) is 14.7. The number of hydrogen-bond acceptors (Lipinski definition) is 2. The van der Waals surface area contributed by atoms with Crippen LogP contribution in [-0.2, 0) is 12.4 Å². The predicted molar refractivity (Wildman–Crippen MR) is 231 cm³/mol. The zero-order chi connectivity index (χ0) is 42.9. The van der Waals surface area contributed by atoms with Crippen molar-refractivity contribution in [3.8, 4) is 56.9 Å². The average molecular weight is 823 g/mol. The minimum atomic E-state index is -5.04. The Morgan fingerprint density at radius 3 is 1.39 bits per heavy atom. The van der Waals surface area contributed by atoms with Gasteiger partial charge >= 0.3 is 12.4 Å². The van der Waals surface area contributed by atoms with Crippen molar-refractivity contribution in [3.63, 3.8) is 0 Å². The van der Waals surface area contributed by atoms with Gasteiger partial charge in [-0.2, -0.15) is 36.9 Å². The van der Waals surface area contributed by atoms with Crippen LogP contribution in [0.25, 0.3) is 88.4 Å². The van der Waals surface area contributed by atoms with Crippen molar-refractivity contribution in [2.45, 2.75) is 12.4 Å². The van der Waals surface area contributed by atoms with Crippen LogP contribution in [0, 0.1) is 22.7 Å². The number of nitrogens with zero attached hydrogens (tertiary/aromatic N) is 4. The molecule has 0 unspecified atom stereocenters. The van der Waals surface area contributed by atoms with Crippen LogP contribution < -0.4 is 0 Å². The van der Waals surface area contributed by atoms with Gasteiger partial charge in [0.2, 0.25) is 0 Å². The van der Waals surface area contributed by atoms with Crippen LogP contribution in [0.2, 0.25) is 0 Å². The highest BCUT2D eigenvalue weighted by molar-refractivity contribution is 6.13. The Balaban J connectivity index is 1.31. The Bertz CT molecular complexity index is 3500. The second-order valence-electron chi connectivity index (χ2n) is 15.0. The summed E-state index contributed by atoms with van der Waals surface area (Å²) < 4.78 is 95.4. The van der Waals surface area contributed by atoms with Crippen LogP contribution >= 0.6 is 0 Å². The highest BCUT2D eigenvalue weighted by atomic mass is 19.4.